The smallest absolute Gasteiger partial charge is 0.211 e. The number of aliphatic imine (C=N–C) groups is 1. The van der Waals surface area contributed by atoms with Crippen LogP contribution in [0.4, 0.5) is 5.69 Å². The van der Waals surface area contributed by atoms with Gasteiger partial charge in [-0.15, -0.1) is 24.8 Å². The molecule has 1 saturated heterocycles. The summed E-state index contributed by atoms with van der Waals surface area (Å²) in [6, 6.07) is 8.34. The van der Waals surface area contributed by atoms with Crippen LogP contribution in [0.25, 0.3) is 0 Å². The maximum absolute atomic E-state index is 4.91. The lowest BCUT2D eigenvalue weighted by Gasteiger charge is -2.30. The second-order valence-electron chi connectivity index (χ2n) is 5.17. The second-order valence-corrected chi connectivity index (χ2v) is 5.17. The quantitative estimate of drug-likeness (QED) is 0.799. The van der Waals surface area contributed by atoms with E-state index in [9.17, 15) is 0 Å². The van der Waals surface area contributed by atoms with Crippen molar-refractivity contribution in [3.8, 4) is 0 Å². The summed E-state index contributed by atoms with van der Waals surface area (Å²) >= 11 is 0. The van der Waals surface area contributed by atoms with Crippen LogP contribution in [0.5, 0.6) is 0 Å². The molecular formula is C15H19Cl2N5. The third-order valence-electron chi connectivity index (χ3n) is 3.89. The first-order valence-electron chi connectivity index (χ1n) is 7.07. The summed E-state index contributed by atoms with van der Waals surface area (Å²) in [4.78, 5) is 11.8. The number of imidazole rings is 1. The Morgan fingerprint density at radius 1 is 1.05 bits per heavy atom. The summed E-state index contributed by atoms with van der Waals surface area (Å²) in [5.41, 5.74) is 2.30. The van der Waals surface area contributed by atoms with E-state index in [1.54, 1.807) is 0 Å². The summed E-state index contributed by atoms with van der Waals surface area (Å²) in [7, 11) is 0. The highest BCUT2D eigenvalue weighted by Crippen LogP contribution is 2.25. The molecule has 118 valence electrons. The normalized spacial score (nSPS) is 16.4. The zero-order valence-electron chi connectivity index (χ0n) is 12.1. The van der Waals surface area contributed by atoms with E-state index in [4.69, 9.17) is 4.99 Å². The molecule has 2 aliphatic heterocycles. The van der Waals surface area contributed by atoms with E-state index in [1.165, 1.54) is 5.56 Å². The Kier molecular flexibility index (Phi) is 5.45. The molecule has 0 bridgehead atoms. The second kappa shape index (κ2) is 7.13. The standard InChI is InChI=1S/C15H17N5.2ClH/c1-2-4-13-12(3-1)11-14-17-7-10-20(14)15(18-13)19-8-5-16-6-9-19;;/h1-4,7,10,16H,5-6,8-9,11H2;2*1H. The van der Waals surface area contributed by atoms with E-state index < -0.39 is 0 Å². The van der Waals surface area contributed by atoms with E-state index >= 15 is 0 Å². The Bertz CT molecular complexity index is 661. The molecule has 3 heterocycles. The Morgan fingerprint density at radius 2 is 1.82 bits per heavy atom. The number of para-hydroxylation sites is 1. The molecule has 0 radical (unpaired) electrons. The fraction of sp³-hybridized carbons (Fsp3) is 0.333. The molecular weight excluding hydrogens is 321 g/mol. The van der Waals surface area contributed by atoms with Gasteiger partial charge in [0.2, 0.25) is 5.96 Å². The maximum atomic E-state index is 4.91. The molecule has 4 rings (SSSR count). The van der Waals surface area contributed by atoms with Crippen LogP contribution in [0.1, 0.15) is 11.4 Å². The number of aromatic nitrogens is 2. The van der Waals surface area contributed by atoms with Gasteiger partial charge in [-0.1, -0.05) is 18.2 Å². The minimum Gasteiger partial charge on any atom is -0.339 e. The minimum atomic E-state index is 0. The third-order valence-corrected chi connectivity index (χ3v) is 3.89. The van der Waals surface area contributed by atoms with Crippen molar-refractivity contribution in [3.63, 3.8) is 0 Å². The molecule has 1 N–H and O–H groups in total. The van der Waals surface area contributed by atoms with E-state index in [0.29, 0.717) is 0 Å². The lowest BCUT2D eigenvalue weighted by atomic mass is 10.1. The number of rotatable bonds is 0. The lowest BCUT2D eigenvalue weighted by Crippen LogP contribution is -2.48. The van der Waals surface area contributed by atoms with Gasteiger partial charge in [0, 0.05) is 45.0 Å². The van der Waals surface area contributed by atoms with Gasteiger partial charge in [0.25, 0.3) is 0 Å². The molecule has 0 amide bonds. The summed E-state index contributed by atoms with van der Waals surface area (Å²) in [6.07, 6.45) is 4.71. The molecule has 1 aromatic carbocycles. The highest BCUT2D eigenvalue weighted by molar-refractivity contribution is 5.87. The van der Waals surface area contributed by atoms with Crippen LogP contribution in [-0.4, -0.2) is 46.6 Å². The molecule has 1 aromatic heterocycles. The highest BCUT2D eigenvalue weighted by atomic mass is 35.5. The van der Waals surface area contributed by atoms with Gasteiger partial charge in [-0.3, -0.25) is 4.57 Å². The van der Waals surface area contributed by atoms with Gasteiger partial charge in [0.05, 0.1) is 5.69 Å². The number of nitrogens with one attached hydrogen (secondary N) is 1. The van der Waals surface area contributed by atoms with Crippen LogP contribution in [0.3, 0.4) is 0 Å². The van der Waals surface area contributed by atoms with Crippen molar-refractivity contribution in [1.29, 1.82) is 0 Å². The van der Waals surface area contributed by atoms with Gasteiger partial charge in [-0.25, -0.2) is 9.98 Å². The van der Waals surface area contributed by atoms with Crippen LogP contribution in [0.2, 0.25) is 0 Å². The van der Waals surface area contributed by atoms with Gasteiger partial charge >= 0.3 is 0 Å². The average molecular weight is 340 g/mol. The van der Waals surface area contributed by atoms with Gasteiger partial charge in [-0.05, 0) is 11.6 Å². The zero-order valence-corrected chi connectivity index (χ0v) is 13.7. The molecule has 0 atom stereocenters. The van der Waals surface area contributed by atoms with E-state index in [1.807, 2.05) is 18.5 Å². The number of nitrogens with zero attached hydrogens (tertiary/aromatic N) is 4. The van der Waals surface area contributed by atoms with E-state index in [-0.39, 0.29) is 24.8 Å². The maximum Gasteiger partial charge on any atom is 0.211 e. The van der Waals surface area contributed by atoms with Gasteiger partial charge in [0.15, 0.2) is 0 Å². The molecule has 0 spiro atoms. The number of piperazine rings is 1. The van der Waals surface area contributed by atoms with Gasteiger partial charge in [0.1, 0.15) is 5.82 Å². The zero-order chi connectivity index (χ0) is 13.4. The van der Waals surface area contributed by atoms with Crippen LogP contribution in [-0.2, 0) is 6.42 Å². The van der Waals surface area contributed by atoms with Crippen LogP contribution in [0.15, 0.2) is 41.7 Å². The largest absolute Gasteiger partial charge is 0.339 e. The Hall–Kier alpha value is -1.56. The van der Waals surface area contributed by atoms with Crippen molar-refractivity contribution >= 4 is 36.5 Å². The summed E-state index contributed by atoms with van der Waals surface area (Å²) in [6.45, 7) is 3.98. The minimum absolute atomic E-state index is 0. The van der Waals surface area contributed by atoms with Crippen LogP contribution >= 0.6 is 24.8 Å². The number of benzene rings is 1. The first kappa shape index (κ1) is 16.8. The predicted octanol–water partition coefficient (Wildman–Crippen LogP) is 2.07. The molecule has 2 aromatic rings. The van der Waals surface area contributed by atoms with Gasteiger partial charge < -0.3 is 10.2 Å². The third kappa shape index (κ3) is 2.97. The highest BCUT2D eigenvalue weighted by Gasteiger charge is 2.22. The molecule has 0 saturated carbocycles. The fourth-order valence-corrected chi connectivity index (χ4v) is 2.84. The first-order valence-corrected chi connectivity index (χ1v) is 7.07. The van der Waals surface area contributed by atoms with Crippen molar-refractivity contribution in [1.82, 2.24) is 19.8 Å². The van der Waals surface area contributed by atoms with Gasteiger partial charge in [-0.2, -0.15) is 0 Å². The number of hydrogen-bond donors (Lipinski definition) is 1. The predicted molar refractivity (Wildman–Crippen MR) is 92.9 cm³/mol. The van der Waals surface area contributed by atoms with E-state index in [2.05, 4.69) is 38.0 Å². The van der Waals surface area contributed by atoms with Crippen molar-refractivity contribution < 1.29 is 0 Å². The Labute approximate surface area is 142 Å². The summed E-state index contributed by atoms with van der Waals surface area (Å²) < 4.78 is 2.13. The molecule has 5 nitrogen and oxygen atoms in total. The topological polar surface area (TPSA) is 45.5 Å². The van der Waals surface area contributed by atoms with E-state index in [0.717, 1.165) is 50.1 Å². The lowest BCUT2D eigenvalue weighted by molar-refractivity contribution is 0.348. The van der Waals surface area contributed by atoms with Crippen LogP contribution < -0.4 is 5.32 Å². The number of hydrogen-bond acceptors (Lipinski definition) is 4. The Balaban J connectivity index is 0.000000882. The van der Waals surface area contributed by atoms with Crippen molar-refractivity contribution in [2.75, 3.05) is 26.2 Å². The van der Waals surface area contributed by atoms with Crippen LogP contribution in [0, 0.1) is 0 Å². The molecule has 0 aliphatic carbocycles. The number of fused-ring (bicyclic) bond motifs is 2. The molecule has 2 aliphatic rings. The Morgan fingerprint density at radius 3 is 2.64 bits per heavy atom. The SMILES string of the molecule is Cl.Cl.c1ccc2c(c1)Cc1nccn1C(N1CCNCC1)=N2. The first-order chi connectivity index (χ1) is 9.92. The average Bonchev–Trinajstić information content (AvgIpc) is 2.89. The van der Waals surface area contributed by atoms with Crippen molar-refractivity contribution in [2.24, 2.45) is 4.99 Å². The van der Waals surface area contributed by atoms with Crippen molar-refractivity contribution in [2.45, 2.75) is 6.42 Å². The fourth-order valence-electron chi connectivity index (χ4n) is 2.84. The van der Waals surface area contributed by atoms with Crippen molar-refractivity contribution in [3.05, 3.63) is 48.0 Å². The summed E-state index contributed by atoms with van der Waals surface area (Å²) in [5.74, 6) is 2.07. The molecule has 7 heteroatoms. The molecule has 22 heavy (non-hydrogen) atoms. The molecule has 0 unspecified atom stereocenters. The summed E-state index contributed by atoms with van der Waals surface area (Å²) in [5, 5.41) is 3.38. The number of halogens is 2. The monoisotopic (exact) mass is 339 g/mol. The molecule has 1 fully saturated rings.